The molecule has 25 heavy (non-hydrogen) atoms. The van der Waals surface area contributed by atoms with Gasteiger partial charge in [0.1, 0.15) is 5.82 Å². The van der Waals surface area contributed by atoms with Gasteiger partial charge in [-0.2, -0.15) is 0 Å². The highest BCUT2D eigenvalue weighted by molar-refractivity contribution is 5.76. The summed E-state index contributed by atoms with van der Waals surface area (Å²) in [6, 6.07) is 10.1. The highest BCUT2D eigenvalue weighted by atomic mass is 19.1. The second-order valence-electron chi connectivity index (χ2n) is 6.02. The number of anilines is 1. The van der Waals surface area contributed by atoms with Gasteiger partial charge < -0.3 is 15.0 Å². The summed E-state index contributed by atoms with van der Waals surface area (Å²) in [5.74, 6) is 0.580. The van der Waals surface area contributed by atoms with Gasteiger partial charge in [-0.05, 0) is 42.7 Å². The van der Waals surface area contributed by atoms with E-state index in [4.69, 9.17) is 4.74 Å². The minimum Gasteiger partial charge on any atom is -0.490 e. The van der Waals surface area contributed by atoms with Crippen molar-refractivity contribution in [3.63, 3.8) is 0 Å². The van der Waals surface area contributed by atoms with Gasteiger partial charge >= 0.3 is 0 Å². The Balaban J connectivity index is 1.43. The Labute approximate surface area is 146 Å². The normalized spacial score (nSPS) is 13.7. The lowest BCUT2D eigenvalue weighted by molar-refractivity contribution is -0.121. The standard InChI is InChI=1S/C19H22FN3O2/c20-16-5-1-2-6-17(16)25-12-8-19(24)22-14-15-7-9-21-18(13-15)23-10-3-4-11-23/h1-2,5-7,9,13H,3-4,8,10-12,14H2,(H,22,24). The van der Waals surface area contributed by atoms with Gasteiger partial charge in [-0.3, -0.25) is 4.79 Å². The Hall–Kier alpha value is -2.63. The third-order valence-electron chi connectivity index (χ3n) is 4.15. The predicted molar refractivity (Wildman–Crippen MR) is 94.0 cm³/mol. The smallest absolute Gasteiger partial charge is 0.223 e. The van der Waals surface area contributed by atoms with Crippen molar-refractivity contribution in [3.8, 4) is 5.75 Å². The summed E-state index contributed by atoms with van der Waals surface area (Å²) < 4.78 is 18.7. The molecule has 2 aromatic rings. The fourth-order valence-electron chi connectivity index (χ4n) is 2.79. The number of ether oxygens (including phenoxy) is 1. The molecule has 1 aliphatic rings. The third-order valence-corrected chi connectivity index (χ3v) is 4.15. The van der Waals surface area contributed by atoms with E-state index in [1.54, 1.807) is 24.4 Å². The van der Waals surface area contributed by atoms with E-state index >= 15 is 0 Å². The Morgan fingerprint density at radius 2 is 2.04 bits per heavy atom. The lowest BCUT2D eigenvalue weighted by atomic mass is 10.2. The van der Waals surface area contributed by atoms with E-state index in [0.717, 1.165) is 24.5 Å². The monoisotopic (exact) mass is 343 g/mol. The molecule has 0 bridgehead atoms. The quantitative estimate of drug-likeness (QED) is 0.840. The summed E-state index contributed by atoms with van der Waals surface area (Å²) in [5, 5.41) is 2.86. The van der Waals surface area contributed by atoms with E-state index in [1.807, 2.05) is 12.1 Å². The number of pyridine rings is 1. The largest absolute Gasteiger partial charge is 0.490 e. The molecule has 1 aliphatic heterocycles. The van der Waals surface area contributed by atoms with Crippen LogP contribution in [0, 0.1) is 5.82 Å². The van der Waals surface area contributed by atoms with Gasteiger partial charge in [0.2, 0.25) is 5.91 Å². The molecule has 0 radical (unpaired) electrons. The first-order valence-corrected chi connectivity index (χ1v) is 8.56. The van der Waals surface area contributed by atoms with Crippen LogP contribution in [0.25, 0.3) is 0 Å². The van der Waals surface area contributed by atoms with E-state index in [2.05, 4.69) is 15.2 Å². The lowest BCUT2D eigenvalue weighted by Gasteiger charge is -2.17. The minimum absolute atomic E-state index is 0.129. The maximum absolute atomic E-state index is 13.4. The molecule has 1 amide bonds. The lowest BCUT2D eigenvalue weighted by Crippen LogP contribution is -2.25. The van der Waals surface area contributed by atoms with Crippen LogP contribution in [0.5, 0.6) is 5.75 Å². The molecule has 2 heterocycles. The molecule has 6 heteroatoms. The molecule has 0 unspecified atom stereocenters. The summed E-state index contributed by atoms with van der Waals surface area (Å²) in [7, 11) is 0. The number of carbonyl (C=O) groups is 1. The zero-order chi connectivity index (χ0) is 17.5. The zero-order valence-electron chi connectivity index (χ0n) is 14.1. The van der Waals surface area contributed by atoms with Gasteiger partial charge in [-0.1, -0.05) is 12.1 Å². The molecule has 0 aliphatic carbocycles. The first-order valence-electron chi connectivity index (χ1n) is 8.56. The summed E-state index contributed by atoms with van der Waals surface area (Å²) in [4.78, 5) is 18.6. The average molecular weight is 343 g/mol. The van der Waals surface area contributed by atoms with Crippen LogP contribution >= 0.6 is 0 Å². The van der Waals surface area contributed by atoms with Crippen LogP contribution < -0.4 is 15.0 Å². The SMILES string of the molecule is O=C(CCOc1ccccc1F)NCc1ccnc(N2CCCC2)c1. The molecule has 1 aromatic carbocycles. The highest BCUT2D eigenvalue weighted by Gasteiger charge is 2.13. The molecule has 0 spiro atoms. The topological polar surface area (TPSA) is 54.5 Å². The number of halogens is 1. The van der Waals surface area contributed by atoms with Crippen LogP contribution in [-0.2, 0) is 11.3 Å². The van der Waals surface area contributed by atoms with E-state index in [9.17, 15) is 9.18 Å². The van der Waals surface area contributed by atoms with Crippen LogP contribution in [0.3, 0.4) is 0 Å². The second-order valence-corrected chi connectivity index (χ2v) is 6.02. The number of hydrogen-bond acceptors (Lipinski definition) is 4. The number of para-hydroxylation sites is 1. The van der Waals surface area contributed by atoms with Crippen LogP contribution in [0.4, 0.5) is 10.2 Å². The summed E-state index contributed by atoms with van der Waals surface area (Å²) >= 11 is 0. The van der Waals surface area contributed by atoms with E-state index in [1.165, 1.54) is 18.9 Å². The molecular weight excluding hydrogens is 321 g/mol. The zero-order valence-corrected chi connectivity index (χ0v) is 14.1. The number of rotatable bonds is 7. The number of amides is 1. The Morgan fingerprint density at radius 3 is 2.84 bits per heavy atom. The van der Waals surface area contributed by atoms with Gasteiger partial charge in [0, 0.05) is 25.8 Å². The van der Waals surface area contributed by atoms with Gasteiger partial charge in [0.15, 0.2) is 11.6 Å². The summed E-state index contributed by atoms with van der Waals surface area (Å²) in [6.45, 7) is 2.66. The third kappa shape index (κ3) is 4.92. The Kier molecular flexibility index (Phi) is 5.82. The second kappa shape index (κ2) is 8.46. The first-order chi connectivity index (χ1) is 12.2. The van der Waals surface area contributed by atoms with E-state index < -0.39 is 5.82 Å². The van der Waals surface area contributed by atoms with Gasteiger partial charge in [-0.25, -0.2) is 9.37 Å². The molecular formula is C19H22FN3O2. The molecule has 132 valence electrons. The number of carbonyl (C=O) groups excluding carboxylic acids is 1. The van der Waals surface area contributed by atoms with Crippen molar-refractivity contribution in [2.75, 3.05) is 24.6 Å². The number of hydrogen-bond donors (Lipinski definition) is 1. The number of benzene rings is 1. The van der Waals surface area contributed by atoms with Crippen molar-refractivity contribution in [2.45, 2.75) is 25.8 Å². The van der Waals surface area contributed by atoms with Crippen LogP contribution in [-0.4, -0.2) is 30.6 Å². The summed E-state index contributed by atoms with van der Waals surface area (Å²) in [5.41, 5.74) is 1.01. The average Bonchev–Trinajstić information content (AvgIpc) is 3.17. The number of nitrogens with one attached hydrogen (secondary N) is 1. The molecule has 1 saturated heterocycles. The fraction of sp³-hybridized carbons (Fsp3) is 0.368. The molecule has 0 atom stereocenters. The minimum atomic E-state index is -0.422. The van der Waals surface area contributed by atoms with Crippen LogP contribution in [0.15, 0.2) is 42.6 Å². The number of aromatic nitrogens is 1. The van der Waals surface area contributed by atoms with Gasteiger partial charge in [0.25, 0.3) is 0 Å². The molecule has 1 N–H and O–H groups in total. The van der Waals surface area contributed by atoms with Crippen molar-refractivity contribution in [3.05, 3.63) is 54.0 Å². The molecule has 3 rings (SSSR count). The Morgan fingerprint density at radius 1 is 1.24 bits per heavy atom. The van der Waals surface area contributed by atoms with Crippen molar-refractivity contribution in [1.82, 2.24) is 10.3 Å². The predicted octanol–water partition coefficient (Wildman–Crippen LogP) is 2.91. The highest BCUT2D eigenvalue weighted by Crippen LogP contribution is 2.18. The Bertz CT molecular complexity index is 717. The van der Waals surface area contributed by atoms with Crippen LogP contribution in [0.1, 0.15) is 24.8 Å². The fourth-order valence-corrected chi connectivity index (χ4v) is 2.79. The van der Waals surface area contributed by atoms with Crippen LogP contribution in [0.2, 0.25) is 0 Å². The van der Waals surface area contributed by atoms with Gasteiger partial charge in [0.05, 0.1) is 13.0 Å². The molecule has 0 saturated carbocycles. The van der Waals surface area contributed by atoms with Crippen molar-refractivity contribution in [1.29, 1.82) is 0 Å². The van der Waals surface area contributed by atoms with Crippen molar-refractivity contribution < 1.29 is 13.9 Å². The van der Waals surface area contributed by atoms with Gasteiger partial charge in [-0.15, -0.1) is 0 Å². The summed E-state index contributed by atoms with van der Waals surface area (Å²) in [6.07, 6.45) is 4.35. The maximum atomic E-state index is 13.4. The molecule has 1 aromatic heterocycles. The van der Waals surface area contributed by atoms with Crippen molar-refractivity contribution in [2.24, 2.45) is 0 Å². The molecule has 1 fully saturated rings. The maximum Gasteiger partial charge on any atom is 0.223 e. The van der Waals surface area contributed by atoms with E-state index in [0.29, 0.717) is 6.54 Å². The number of nitrogens with zero attached hydrogens (tertiary/aromatic N) is 2. The first kappa shape index (κ1) is 17.2. The molecule has 5 nitrogen and oxygen atoms in total. The van der Waals surface area contributed by atoms with E-state index in [-0.39, 0.29) is 24.7 Å². The van der Waals surface area contributed by atoms with Crippen molar-refractivity contribution >= 4 is 11.7 Å².